The highest BCUT2D eigenvalue weighted by Crippen LogP contribution is 2.28. The number of nitro benzene ring substituents is 1. The molecule has 112 valence electrons. The van der Waals surface area contributed by atoms with Gasteiger partial charge in [-0.2, -0.15) is 0 Å². The molecule has 1 N–H and O–H groups in total. The maximum absolute atomic E-state index is 13.6. The van der Waals surface area contributed by atoms with Crippen molar-refractivity contribution >= 4 is 21.6 Å². The summed E-state index contributed by atoms with van der Waals surface area (Å²) in [6.45, 7) is 6.97. The van der Waals surface area contributed by atoms with Gasteiger partial charge in [0, 0.05) is 17.7 Å². The minimum atomic E-state index is -0.467. The molecule has 0 aliphatic heterocycles. The van der Waals surface area contributed by atoms with Gasteiger partial charge >= 0.3 is 0 Å². The molecule has 0 bridgehead atoms. The van der Waals surface area contributed by atoms with Crippen LogP contribution < -0.4 is 5.32 Å². The predicted octanol–water partition coefficient (Wildman–Crippen LogP) is 4.06. The number of likely N-dealkylation sites (N-methyl/N-ethyl adjacent to an activating group) is 1. The number of hydrogen-bond acceptors (Lipinski definition) is 3. The average Bonchev–Trinajstić information content (AvgIpc) is 2.32. The van der Waals surface area contributed by atoms with Gasteiger partial charge in [0.2, 0.25) is 0 Å². The van der Waals surface area contributed by atoms with Crippen LogP contribution in [-0.4, -0.2) is 17.5 Å². The van der Waals surface area contributed by atoms with Crippen LogP contribution in [0.4, 0.5) is 10.1 Å². The summed E-state index contributed by atoms with van der Waals surface area (Å²) in [4.78, 5) is 10.6. The number of halogens is 2. The predicted molar refractivity (Wildman–Crippen MR) is 81.4 cm³/mol. The summed E-state index contributed by atoms with van der Waals surface area (Å²) in [7, 11) is 0. The van der Waals surface area contributed by atoms with Gasteiger partial charge in [-0.1, -0.05) is 20.8 Å². The van der Waals surface area contributed by atoms with E-state index < -0.39 is 10.7 Å². The molecule has 0 heterocycles. The topological polar surface area (TPSA) is 55.2 Å². The van der Waals surface area contributed by atoms with Crippen molar-refractivity contribution in [3.8, 4) is 0 Å². The van der Waals surface area contributed by atoms with Crippen LogP contribution in [0.3, 0.4) is 0 Å². The summed E-state index contributed by atoms with van der Waals surface area (Å²) in [6.07, 6.45) is 1.34. The molecular formula is C14H20BrFN2O2. The summed E-state index contributed by atoms with van der Waals surface area (Å²) in [6, 6.07) is 2.61. The molecule has 6 heteroatoms. The fourth-order valence-electron chi connectivity index (χ4n) is 2.27. The molecule has 1 atom stereocenters. The number of hydrogen-bond donors (Lipinski definition) is 1. The molecule has 1 aromatic rings. The standard InChI is InChI=1S/C14H20BrFN2O2/c1-4-17-11(5-9(2)3)6-10-7-13(16)12(15)8-14(10)18(19)20/h7-9,11,17H,4-6H2,1-3H3. The van der Waals surface area contributed by atoms with Gasteiger partial charge < -0.3 is 5.32 Å². The summed E-state index contributed by atoms with van der Waals surface area (Å²) < 4.78 is 13.8. The van der Waals surface area contributed by atoms with Crippen molar-refractivity contribution in [3.63, 3.8) is 0 Å². The quantitative estimate of drug-likeness (QED) is 0.598. The van der Waals surface area contributed by atoms with Crippen LogP contribution in [0.5, 0.6) is 0 Å². The SMILES string of the molecule is CCNC(Cc1cc(F)c(Br)cc1[N+](=O)[O-])CC(C)C. The summed E-state index contributed by atoms with van der Waals surface area (Å²) in [5.41, 5.74) is 0.396. The molecule has 0 saturated carbocycles. The lowest BCUT2D eigenvalue weighted by Crippen LogP contribution is -2.32. The van der Waals surface area contributed by atoms with Crippen molar-refractivity contribution < 1.29 is 9.31 Å². The zero-order chi connectivity index (χ0) is 15.3. The highest BCUT2D eigenvalue weighted by atomic mass is 79.9. The van der Waals surface area contributed by atoms with Crippen LogP contribution in [0.25, 0.3) is 0 Å². The molecule has 4 nitrogen and oxygen atoms in total. The van der Waals surface area contributed by atoms with Gasteiger partial charge in [-0.3, -0.25) is 10.1 Å². The van der Waals surface area contributed by atoms with Crippen LogP contribution in [0.15, 0.2) is 16.6 Å². The number of nitro groups is 1. The Morgan fingerprint density at radius 3 is 2.60 bits per heavy atom. The maximum atomic E-state index is 13.6. The van der Waals surface area contributed by atoms with Crippen LogP contribution in [-0.2, 0) is 6.42 Å². The number of nitrogens with one attached hydrogen (secondary N) is 1. The van der Waals surface area contributed by atoms with E-state index in [1.54, 1.807) is 0 Å². The molecular weight excluding hydrogens is 327 g/mol. The van der Waals surface area contributed by atoms with E-state index >= 15 is 0 Å². The minimum Gasteiger partial charge on any atom is -0.314 e. The average molecular weight is 347 g/mol. The van der Waals surface area contributed by atoms with Gasteiger partial charge in [0.25, 0.3) is 5.69 Å². The fraction of sp³-hybridized carbons (Fsp3) is 0.571. The first kappa shape index (κ1) is 17.0. The Hall–Kier alpha value is -1.01. The molecule has 0 spiro atoms. The van der Waals surface area contributed by atoms with Crippen molar-refractivity contribution in [1.29, 1.82) is 0 Å². The number of rotatable bonds is 7. The summed E-state index contributed by atoms with van der Waals surface area (Å²) in [5.74, 6) is 0.00352. The third-order valence-corrected chi connectivity index (χ3v) is 3.64. The van der Waals surface area contributed by atoms with Crippen molar-refractivity contribution in [2.75, 3.05) is 6.54 Å². The normalized spacial score (nSPS) is 12.7. The van der Waals surface area contributed by atoms with Crippen LogP contribution in [0, 0.1) is 21.8 Å². The Balaban J connectivity index is 3.04. The van der Waals surface area contributed by atoms with Gasteiger partial charge in [-0.25, -0.2) is 4.39 Å². The lowest BCUT2D eigenvalue weighted by atomic mass is 9.96. The number of nitrogens with zero attached hydrogens (tertiary/aromatic N) is 1. The van der Waals surface area contributed by atoms with Gasteiger partial charge in [0.05, 0.1) is 9.40 Å². The van der Waals surface area contributed by atoms with E-state index in [1.165, 1.54) is 12.1 Å². The van der Waals surface area contributed by atoms with E-state index in [1.807, 2.05) is 6.92 Å². The van der Waals surface area contributed by atoms with Crippen LogP contribution in [0.2, 0.25) is 0 Å². The largest absolute Gasteiger partial charge is 0.314 e. The third kappa shape index (κ3) is 4.83. The molecule has 0 fully saturated rings. The van der Waals surface area contributed by atoms with Crippen molar-refractivity contribution in [1.82, 2.24) is 5.32 Å². The lowest BCUT2D eigenvalue weighted by Gasteiger charge is -2.20. The maximum Gasteiger partial charge on any atom is 0.273 e. The van der Waals surface area contributed by atoms with Gasteiger partial charge in [0.1, 0.15) is 5.82 Å². The molecule has 0 amide bonds. The van der Waals surface area contributed by atoms with E-state index in [4.69, 9.17) is 0 Å². The monoisotopic (exact) mass is 346 g/mol. The van der Waals surface area contributed by atoms with E-state index in [0.717, 1.165) is 13.0 Å². The number of benzene rings is 1. The first-order valence-corrected chi connectivity index (χ1v) is 7.50. The van der Waals surface area contributed by atoms with Crippen LogP contribution in [0.1, 0.15) is 32.8 Å². The molecule has 20 heavy (non-hydrogen) atoms. The molecule has 1 unspecified atom stereocenters. The summed E-state index contributed by atoms with van der Waals surface area (Å²) in [5, 5.41) is 14.4. The highest BCUT2D eigenvalue weighted by Gasteiger charge is 2.21. The Morgan fingerprint density at radius 1 is 1.45 bits per heavy atom. The fourth-order valence-corrected chi connectivity index (χ4v) is 2.60. The zero-order valence-corrected chi connectivity index (χ0v) is 13.5. The van der Waals surface area contributed by atoms with Crippen molar-refractivity contribution in [3.05, 3.63) is 38.1 Å². The molecule has 0 aliphatic rings. The molecule has 0 aromatic heterocycles. The van der Waals surface area contributed by atoms with Crippen molar-refractivity contribution in [2.24, 2.45) is 5.92 Å². The smallest absolute Gasteiger partial charge is 0.273 e. The minimum absolute atomic E-state index is 0.0371. The molecule has 0 aliphatic carbocycles. The molecule has 1 rings (SSSR count). The Morgan fingerprint density at radius 2 is 2.10 bits per heavy atom. The lowest BCUT2D eigenvalue weighted by molar-refractivity contribution is -0.385. The van der Waals surface area contributed by atoms with E-state index in [-0.39, 0.29) is 16.2 Å². The van der Waals surface area contributed by atoms with E-state index in [0.29, 0.717) is 17.9 Å². The second-order valence-electron chi connectivity index (χ2n) is 5.24. The van der Waals surface area contributed by atoms with E-state index in [2.05, 4.69) is 35.1 Å². The second kappa shape index (κ2) is 7.69. The second-order valence-corrected chi connectivity index (χ2v) is 6.09. The Kier molecular flexibility index (Phi) is 6.55. The first-order chi connectivity index (χ1) is 9.35. The van der Waals surface area contributed by atoms with Gasteiger partial charge in [-0.05, 0) is 47.3 Å². The van der Waals surface area contributed by atoms with Crippen molar-refractivity contribution in [2.45, 2.75) is 39.7 Å². The first-order valence-electron chi connectivity index (χ1n) is 6.70. The summed E-state index contributed by atoms with van der Waals surface area (Å²) >= 11 is 2.99. The highest BCUT2D eigenvalue weighted by molar-refractivity contribution is 9.10. The Labute approximate surface area is 127 Å². The van der Waals surface area contributed by atoms with Gasteiger partial charge in [-0.15, -0.1) is 0 Å². The van der Waals surface area contributed by atoms with Gasteiger partial charge in [0.15, 0.2) is 0 Å². The Bertz CT molecular complexity index is 480. The molecule has 0 saturated heterocycles. The zero-order valence-electron chi connectivity index (χ0n) is 12.0. The van der Waals surface area contributed by atoms with Crippen LogP contribution >= 0.6 is 15.9 Å². The molecule has 0 radical (unpaired) electrons. The van der Waals surface area contributed by atoms with E-state index in [9.17, 15) is 14.5 Å². The third-order valence-electron chi connectivity index (χ3n) is 3.03. The molecule has 1 aromatic carbocycles.